The topological polar surface area (TPSA) is 35.9 Å². The lowest BCUT2D eigenvalue weighted by molar-refractivity contribution is 0.136. The number of rotatable bonds is 8. The molecule has 1 fully saturated rings. The molecular formula is C17H25F3N2O2. The third-order valence-corrected chi connectivity index (χ3v) is 4.62. The third-order valence-electron chi connectivity index (χ3n) is 4.62. The number of aliphatic hydroxyl groups excluding tert-OH is 1. The first kappa shape index (κ1) is 19.2. The Balaban J connectivity index is 1.97. The zero-order valence-corrected chi connectivity index (χ0v) is 14.1. The fourth-order valence-corrected chi connectivity index (χ4v) is 3.25. The molecule has 1 aliphatic rings. The van der Waals surface area contributed by atoms with Crippen LogP contribution in [0, 0.1) is 29.3 Å². The van der Waals surface area contributed by atoms with E-state index in [1.807, 2.05) is 11.9 Å². The molecule has 1 aliphatic heterocycles. The summed E-state index contributed by atoms with van der Waals surface area (Å²) in [5.74, 6) is -3.41. The minimum absolute atomic E-state index is 0.0551. The smallest absolute Gasteiger partial charge is 0.194 e. The van der Waals surface area contributed by atoms with E-state index in [1.54, 1.807) is 7.11 Å². The summed E-state index contributed by atoms with van der Waals surface area (Å²) in [6, 6.07) is 2.23. The number of likely N-dealkylation sites (tertiary alicyclic amines) is 1. The Labute approximate surface area is 140 Å². The maximum absolute atomic E-state index is 13.8. The Morgan fingerprint density at radius 1 is 1.21 bits per heavy atom. The van der Waals surface area contributed by atoms with E-state index in [2.05, 4.69) is 4.90 Å². The highest BCUT2D eigenvalue weighted by Gasteiger charge is 2.33. The van der Waals surface area contributed by atoms with Gasteiger partial charge in [-0.25, -0.2) is 13.2 Å². The van der Waals surface area contributed by atoms with Crippen LogP contribution < -0.4 is 0 Å². The van der Waals surface area contributed by atoms with Crippen molar-refractivity contribution < 1.29 is 23.0 Å². The van der Waals surface area contributed by atoms with Crippen molar-refractivity contribution in [2.24, 2.45) is 11.8 Å². The number of benzene rings is 1. The number of hydrogen-bond donors (Lipinski definition) is 1. The van der Waals surface area contributed by atoms with Crippen molar-refractivity contribution in [3.63, 3.8) is 0 Å². The van der Waals surface area contributed by atoms with Crippen molar-refractivity contribution in [3.8, 4) is 0 Å². The highest BCUT2D eigenvalue weighted by Crippen LogP contribution is 2.26. The summed E-state index contributed by atoms with van der Waals surface area (Å²) in [6.45, 7) is 3.78. The predicted molar refractivity (Wildman–Crippen MR) is 85.0 cm³/mol. The second-order valence-electron chi connectivity index (χ2n) is 6.49. The van der Waals surface area contributed by atoms with Crippen LogP contribution in [0.4, 0.5) is 13.2 Å². The molecule has 136 valence electrons. The molecule has 24 heavy (non-hydrogen) atoms. The molecule has 0 unspecified atom stereocenters. The van der Waals surface area contributed by atoms with Crippen LogP contribution in [-0.2, 0) is 11.3 Å². The molecule has 1 saturated heterocycles. The average molecular weight is 346 g/mol. The summed E-state index contributed by atoms with van der Waals surface area (Å²) in [5, 5.41) is 9.59. The first-order valence-electron chi connectivity index (χ1n) is 8.09. The second-order valence-corrected chi connectivity index (χ2v) is 6.49. The van der Waals surface area contributed by atoms with Crippen molar-refractivity contribution in [3.05, 3.63) is 35.1 Å². The van der Waals surface area contributed by atoms with Gasteiger partial charge in [-0.2, -0.15) is 0 Å². The number of halogens is 3. The Bertz CT molecular complexity index is 545. The van der Waals surface area contributed by atoms with Crippen LogP contribution in [0.25, 0.3) is 0 Å². The number of ether oxygens (including phenoxy) is 1. The largest absolute Gasteiger partial charge is 0.396 e. The normalized spacial score (nSPS) is 21.8. The molecule has 0 amide bonds. The van der Waals surface area contributed by atoms with Gasteiger partial charge in [-0.3, -0.25) is 4.90 Å². The summed E-state index contributed by atoms with van der Waals surface area (Å²) in [5.41, 5.74) is 0.138. The number of likely N-dealkylation sites (N-methyl/N-ethyl adjacent to an activating group) is 1. The molecule has 2 rings (SSSR count). The van der Waals surface area contributed by atoms with Gasteiger partial charge in [-0.05, 0) is 24.9 Å². The molecule has 0 saturated carbocycles. The van der Waals surface area contributed by atoms with Crippen molar-refractivity contribution >= 4 is 0 Å². The summed E-state index contributed by atoms with van der Waals surface area (Å²) in [6.07, 6.45) is 0. The van der Waals surface area contributed by atoms with E-state index >= 15 is 0 Å². The summed E-state index contributed by atoms with van der Waals surface area (Å²) in [4.78, 5) is 4.12. The molecule has 1 aromatic carbocycles. The number of aliphatic hydroxyl groups is 1. The molecule has 0 aromatic heterocycles. The van der Waals surface area contributed by atoms with Crippen molar-refractivity contribution in [1.82, 2.24) is 9.80 Å². The summed E-state index contributed by atoms with van der Waals surface area (Å²) in [7, 11) is 3.64. The Kier molecular flexibility index (Phi) is 7.03. The Morgan fingerprint density at radius 3 is 2.58 bits per heavy atom. The molecule has 2 atom stereocenters. The van der Waals surface area contributed by atoms with Crippen LogP contribution in [-0.4, -0.2) is 68.5 Å². The second kappa shape index (κ2) is 8.80. The lowest BCUT2D eigenvalue weighted by Gasteiger charge is -2.23. The van der Waals surface area contributed by atoms with E-state index in [-0.39, 0.29) is 30.6 Å². The standard InChI is InChI=1S/C17H25F3N2O2/c1-21(5-6-24-2)7-13-9-22(10-14(13)11-23)8-12-3-4-15(18)17(20)16(12)19/h3-4,13-14,23H,5-11H2,1-2H3/t13-,14-/m1/s1. The highest BCUT2D eigenvalue weighted by atomic mass is 19.2. The third kappa shape index (κ3) is 4.69. The first-order valence-corrected chi connectivity index (χ1v) is 8.09. The van der Waals surface area contributed by atoms with Crippen LogP contribution >= 0.6 is 0 Å². The van der Waals surface area contributed by atoms with Gasteiger partial charge >= 0.3 is 0 Å². The molecule has 0 aliphatic carbocycles. The molecule has 1 heterocycles. The van der Waals surface area contributed by atoms with Crippen LogP contribution in [0.15, 0.2) is 12.1 Å². The van der Waals surface area contributed by atoms with Gasteiger partial charge in [0, 0.05) is 52.0 Å². The zero-order chi connectivity index (χ0) is 17.7. The van der Waals surface area contributed by atoms with Gasteiger partial charge in [0.25, 0.3) is 0 Å². The van der Waals surface area contributed by atoms with Crippen LogP contribution in [0.5, 0.6) is 0 Å². The van der Waals surface area contributed by atoms with E-state index < -0.39 is 17.5 Å². The first-order chi connectivity index (χ1) is 11.5. The predicted octanol–water partition coefficient (Wildman–Crippen LogP) is 1.72. The monoisotopic (exact) mass is 346 g/mol. The molecule has 1 aromatic rings. The molecule has 7 heteroatoms. The van der Waals surface area contributed by atoms with E-state index in [9.17, 15) is 18.3 Å². The van der Waals surface area contributed by atoms with Crippen LogP contribution in [0.2, 0.25) is 0 Å². The van der Waals surface area contributed by atoms with Gasteiger partial charge in [-0.15, -0.1) is 0 Å². The maximum Gasteiger partial charge on any atom is 0.194 e. The average Bonchev–Trinajstić information content (AvgIpc) is 2.95. The lowest BCUT2D eigenvalue weighted by Crippen LogP contribution is -2.33. The summed E-state index contributed by atoms with van der Waals surface area (Å²) < 4.78 is 45.3. The van der Waals surface area contributed by atoms with Gasteiger partial charge in [0.1, 0.15) is 0 Å². The SMILES string of the molecule is COCCN(C)C[C@@H]1CN(Cc2ccc(F)c(F)c2F)C[C@@H]1CO. The lowest BCUT2D eigenvalue weighted by atomic mass is 9.96. The van der Waals surface area contributed by atoms with Gasteiger partial charge in [0.15, 0.2) is 17.5 Å². The Morgan fingerprint density at radius 2 is 1.92 bits per heavy atom. The zero-order valence-electron chi connectivity index (χ0n) is 14.1. The van der Waals surface area contributed by atoms with Gasteiger partial charge in [0.05, 0.1) is 6.61 Å². The Hall–Kier alpha value is -1.15. The molecular weight excluding hydrogens is 321 g/mol. The van der Waals surface area contributed by atoms with Gasteiger partial charge in [-0.1, -0.05) is 6.07 Å². The van der Waals surface area contributed by atoms with E-state index in [0.717, 1.165) is 19.2 Å². The van der Waals surface area contributed by atoms with E-state index in [0.29, 0.717) is 19.7 Å². The molecule has 1 N–H and O–H groups in total. The molecule has 0 radical (unpaired) electrons. The van der Waals surface area contributed by atoms with Crippen molar-refractivity contribution in [2.45, 2.75) is 6.54 Å². The quantitative estimate of drug-likeness (QED) is 0.727. The fourth-order valence-electron chi connectivity index (χ4n) is 3.25. The minimum atomic E-state index is -1.43. The van der Waals surface area contributed by atoms with E-state index in [1.165, 1.54) is 6.07 Å². The van der Waals surface area contributed by atoms with Gasteiger partial charge < -0.3 is 14.7 Å². The molecule has 4 nitrogen and oxygen atoms in total. The van der Waals surface area contributed by atoms with Gasteiger partial charge in [0.2, 0.25) is 0 Å². The van der Waals surface area contributed by atoms with Crippen LogP contribution in [0.1, 0.15) is 5.56 Å². The molecule has 0 spiro atoms. The number of nitrogens with zero attached hydrogens (tertiary/aromatic N) is 2. The minimum Gasteiger partial charge on any atom is -0.396 e. The van der Waals surface area contributed by atoms with E-state index in [4.69, 9.17) is 4.74 Å². The van der Waals surface area contributed by atoms with Crippen molar-refractivity contribution in [1.29, 1.82) is 0 Å². The number of hydrogen-bond acceptors (Lipinski definition) is 4. The molecule has 0 bridgehead atoms. The maximum atomic E-state index is 13.8. The fraction of sp³-hybridized carbons (Fsp3) is 0.647. The number of methoxy groups -OCH3 is 1. The highest BCUT2D eigenvalue weighted by molar-refractivity contribution is 5.20. The summed E-state index contributed by atoms with van der Waals surface area (Å²) >= 11 is 0. The van der Waals surface area contributed by atoms with Crippen molar-refractivity contribution in [2.75, 3.05) is 53.6 Å². The van der Waals surface area contributed by atoms with Crippen LogP contribution in [0.3, 0.4) is 0 Å².